The van der Waals surface area contributed by atoms with Crippen LogP contribution in [0.3, 0.4) is 0 Å². The number of amides is 2. The molecule has 0 aromatic carbocycles. The number of unbranched alkanes of at least 4 members (excludes halogenated alkanes) is 1. The topological polar surface area (TPSA) is 37.4 Å². The second-order valence-corrected chi connectivity index (χ2v) is 5.32. The van der Waals surface area contributed by atoms with Gasteiger partial charge in [-0.05, 0) is 0 Å². The van der Waals surface area contributed by atoms with E-state index in [0.717, 1.165) is 24.6 Å². The Morgan fingerprint density at radius 2 is 2.20 bits per heavy atom. The van der Waals surface area contributed by atoms with E-state index in [0.29, 0.717) is 13.0 Å². The van der Waals surface area contributed by atoms with Gasteiger partial charge in [0.15, 0.2) is 0 Å². The summed E-state index contributed by atoms with van der Waals surface area (Å²) in [7, 11) is 0. The van der Waals surface area contributed by atoms with Gasteiger partial charge in [-0.15, -0.1) is 0 Å². The molecular formula is C11H19NO2Se. The van der Waals surface area contributed by atoms with Gasteiger partial charge in [0, 0.05) is 0 Å². The van der Waals surface area contributed by atoms with Gasteiger partial charge in [0.25, 0.3) is 0 Å². The van der Waals surface area contributed by atoms with Gasteiger partial charge in [0.1, 0.15) is 0 Å². The van der Waals surface area contributed by atoms with Crippen molar-refractivity contribution in [2.24, 2.45) is 0 Å². The van der Waals surface area contributed by atoms with Crippen molar-refractivity contribution in [1.82, 2.24) is 4.90 Å². The van der Waals surface area contributed by atoms with E-state index < -0.39 is 0 Å². The molecule has 0 heterocycles. The molecule has 86 valence electrons. The van der Waals surface area contributed by atoms with E-state index in [1.165, 1.54) is 4.90 Å². The van der Waals surface area contributed by atoms with E-state index in [4.69, 9.17) is 0 Å². The first kappa shape index (κ1) is 14.4. The van der Waals surface area contributed by atoms with Crippen LogP contribution in [0.5, 0.6) is 0 Å². The molecule has 0 unspecified atom stereocenters. The van der Waals surface area contributed by atoms with Gasteiger partial charge in [-0.3, -0.25) is 0 Å². The summed E-state index contributed by atoms with van der Waals surface area (Å²) in [4.78, 5) is 23.5. The molecule has 2 amide bonds. The molecule has 0 aliphatic heterocycles. The number of hydrogen-bond acceptors (Lipinski definition) is 2. The summed E-state index contributed by atoms with van der Waals surface area (Å²) in [6.45, 7) is 4.54. The number of carbonyl (C=O) groups is 2. The van der Waals surface area contributed by atoms with Gasteiger partial charge in [-0.1, -0.05) is 0 Å². The minimum absolute atomic E-state index is 0.00968. The number of hydrogen-bond donors (Lipinski definition) is 0. The maximum absolute atomic E-state index is 11.5. The summed E-state index contributed by atoms with van der Waals surface area (Å²) in [5.41, 5.74) is 0. The van der Waals surface area contributed by atoms with Crippen LogP contribution in [0.1, 0.15) is 33.1 Å². The van der Waals surface area contributed by atoms with Gasteiger partial charge in [-0.25, -0.2) is 0 Å². The average molecular weight is 276 g/mol. The Kier molecular flexibility index (Phi) is 9.54. The van der Waals surface area contributed by atoms with Crippen molar-refractivity contribution in [3.63, 3.8) is 0 Å². The molecule has 15 heavy (non-hydrogen) atoms. The third-order valence-corrected chi connectivity index (χ3v) is 3.90. The van der Waals surface area contributed by atoms with Crippen molar-refractivity contribution >= 4 is 26.2 Å². The molecule has 0 saturated heterocycles. The summed E-state index contributed by atoms with van der Waals surface area (Å²) < 4.78 is 0. The number of nitrogens with zero attached hydrogens (tertiary/aromatic N) is 1. The van der Waals surface area contributed by atoms with Crippen molar-refractivity contribution < 1.29 is 9.59 Å². The van der Waals surface area contributed by atoms with Crippen molar-refractivity contribution in [3.8, 4) is 0 Å². The molecule has 0 aromatic heterocycles. The van der Waals surface area contributed by atoms with E-state index in [-0.39, 0.29) is 19.8 Å². The molecular weight excluding hydrogens is 257 g/mol. The van der Waals surface area contributed by atoms with Crippen molar-refractivity contribution in [3.05, 3.63) is 12.2 Å². The fourth-order valence-electron chi connectivity index (χ4n) is 0.954. The van der Waals surface area contributed by atoms with Gasteiger partial charge >= 0.3 is 97.8 Å². The fourth-order valence-corrected chi connectivity index (χ4v) is 2.86. The van der Waals surface area contributed by atoms with E-state index in [9.17, 15) is 9.59 Å². The Labute approximate surface area is 98.1 Å². The minimum atomic E-state index is -0.0626. The zero-order valence-corrected chi connectivity index (χ0v) is 11.2. The Hall–Kier alpha value is -0.601. The summed E-state index contributed by atoms with van der Waals surface area (Å²) in [5.74, 6) is 0. The van der Waals surface area contributed by atoms with Crippen molar-refractivity contribution in [2.45, 2.75) is 38.4 Å². The van der Waals surface area contributed by atoms with Crippen LogP contribution < -0.4 is 0 Å². The summed E-state index contributed by atoms with van der Waals surface area (Å²) in [6.07, 6.45) is 7.48. The third kappa shape index (κ3) is 7.34. The molecule has 0 radical (unpaired) electrons. The first-order valence-electron chi connectivity index (χ1n) is 5.26. The molecule has 0 atom stereocenters. The monoisotopic (exact) mass is 277 g/mol. The molecule has 0 rings (SSSR count). The van der Waals surface area contributed by atoms with Crippen LogP contribution in [0.15, 0.2) is 12.2 Å². The summed E-state index contributed by atoms with van der Waals surface area (Å²) in [5, 5.41) is 0.941. The van der Waals surface area contributed by atoms with E-state index in [1.54, 1.807) is 0 Å². The molecule has 0 saturated carbocycles. The van der Waals surface area contributed by atoms with Crippen molar-refractivity contribution in [1.29, 1.82) is 0 Å². The van der Waals surface area contributed by atoms with E-state index in [2.05, 4.69) is 6.92 Å². The quantitative estimate of drug-likeness (QED) is 0.295. The van der Waals surface area contributed by atoms with E-state index >= 15 is 0 Å². The Morgan fingerprint density at radius 3 is 2.73 bits per heavy atom. The zero-order chi connectivity index (χ0) is 11.5. The van der Waals surface area contributed by atoms with Crippen LogP contribution >= 0.6 is 0 Å². The Morgan fingerprint density at radius 1 is 1.47 bits per heavy atom. The fraction of sp³-hybridized carbons (Fsp3) is 0.636. The molecule has 0 aliphatic rings. The van der Waals surface area contributed by atoms with Gasteiger partial charge in [0.05, 0.1) is 0 Å². The van der Waals surface area contributed by atoms with Crippen LogP contribution in [0.4, 0.5) is 4.79 Å². The Bertz CT molecular complexity index is 217. The number of carbonyl (C=O) groups excluding carboxylic acids is 2. The first-order valence-corrected chi connectivity index (χ1v) is 7.32. The third-order valence-electron chi connectivity index (χ3n) is 1.86. The van der Waals surface area contributed by atoms with Crippen LogP contribution in [0.2, 0.25) is 5.32 Å². The molecule has 0 aromatic rings. The van der Waals surface area contributed by atoms with Gasteiger partial charge in [0.2, 0.25) is 0 Å². The molecule has 0 bridgehead atoms. The predicted octanol–water partition coefficient (Wildman–Crippen LogP) is 2.45. The van der Waals surface area contributed by atoms with Crippen LogP contribution in [-0.2, 0) is 4.79 Å². The first-order chi connectivity index (χ1) is 7.26. The zero-order valence-electron chi connectivity index (χ0n) is 9.44. The molecule has 0 aliphatic carbocycles. The van der Waals surface area contributed by atoms with Crippen LogP contribution in [-0.4, -0.2) is 37.6 Å². The molecule has 0 N–H and O–H groups in total. The number of allylic oxidation sites excluding steroid dienone is 1. The van der Waals surface area contributed by atoms with Crippen LogP contribution in [0.25, 0.3) is 0 Å². The SMILES string of the molecule is C/C=C/CCN(C=O)C(=O)[Se]CCCC. The number of imide groups is 1. The molecule has 4 heteroatoms. The molecule has 3 nitrogen and oxygen atoms in total. The summed E-state index contributed by atoms with van der Waals surface area (Å²) >= 11 is -0.0626. The summed E-state index contributed by atoms with van der Waals surface area (Å²) in [6, 6.07) is 0. The average Bonchev–Trinajstić information content (AvgIpc) is 2.24. The van der Waals surface area contributed by atoms with E-state index in [1.807, 2.05) is 19.1 Å². The normalized spacial score (nSPS) is 10.5. The standard InChI is InChI=1S/C11H19NO2Se/c1-3-5-7-8-12(10-13)11(14)15-9-6-4-2/h3,5,10H,4,6-9H2,1-2H3/b5-3+. The predicted molar refractivity (Wildman–Crippen MR) is 63.1 cm³/mol. The second kappa shape index (κ2) is 9.94. The second-order valence-electron chi connectivity index (χ2n) is 3.12. The van der Waals surface area contributed by atoms with Crippen LogP contribution in [0, 0.1) is 0 Å². The molecule has 0 fully saturated rings. The van der Waals surface area contributed by atoms with Crippen molar-refractivity contribution in [2.75, 3.05) is 6.54 Å². The number of rotatable bonds is 8. The maximum atomic E-state index is 11.5. The van der Waals surface area contributed by atoms with Gasteiger partial charge < -0.3 is 0 Å². The Balaban J connectivity index is 3.82. The van der Waals surface area contributed by atoms with Gasteiger partial charge in [-0.2, -0.15) is 0 Å². The molecule has 0 spiro atoms.